The highest BCUT2D eigenvalue weighted by molar-refractivity contribution is 6.05. The van der Waals surface area contributed by atoms with Crippen molar-refractivity contribution >= 4 is 23.7 Å². The molecular formula is C32H38N6O4. The molecule has 3 saturated heterocycles. The van der Waals surface area contributed by atoms with Gasteiger partial charge in [-0.15, -0.1) is 0 Å². The number of rotatable bonds is 4. The van der Waals surface area contributed by atoms with Gasteiger partial charge in [-0.05, 0) is 81.5 Å². The van der Waals surface area contributed by atoms with E-state index < -0.39 is 6.04 Å². The SMILES string of the molecule is O=C1CCC(N2Cc3c(ccc4c3OCC43CCN(CC4CC5(CCN(c6ncccn6)CC5)C4)CC3)C2=O)C(=O)N1. The van der Waals surface area contributed by atoms with E-state index in [1.807, 2.05) is 24.5 Å². The Morgan fingerprint density at radius 3 is 2.48 bits per heavy atom. The van der Waals surface area contributed by atoms with Crippen LogP contribution in [0.1, 0.15) is 72.9 Å². The Morgan fingerprint density at radius 2 is 1.74 bits per heavy atom. The second kappa shape index (κ2) is 9.76. The average molecular weight is 571 g/mol. The van der Waals surface area contributed by atoms with Gasteiger partial charge in [0.25, 0.3) is 5.91 Å². The van der Waals surface area contributed by atoms with Crippen molar-refractivity contribution in [2.24, 2.45) is 11.3 Å². The molecule has 2 spiro atoms. The molecule has 2 aromatic rings. The monoisotopic (exact) mass is 570 g/mol. The van der Waals surface area contributed by atoms with Crippen LogP contribution in [0.15, 0.2) is 30.6 Å². The number of ether oxygens (including phenoxy) is 1. The summed E-state index contributed by atoms with van der Waals surface area (Å²) in [5, 5.41) is 2.39. The summed E-state index contributed by atoms with van der Waals surface area (Å²) in [5.74, 6) is 1.73. The largest absolute Gasteiger partial charge is 0.492 e. The van der Waals surface area contributed by atoms with Crippen molar-refractivity contribution in [1.29, 1.82) is 0 Å². The third-order valence-corrected chi connectivity index (χ3v) is 11.2. The lowest BCUT2D eigenvalue weighted by molar-refractivity contribution is -0.136. The minimum atomic E-state index is -0.604. The van der Waals surface area contributed by atoms with Gasteiger partial charge in [-0.2, -0.15) is 0 Å². The highest BCUT2D eigenvalue weighted by Gasteiger charge is 2.49. The number of likely N-dealkylation sites (tertiary alicyclic amines) is 1. The number of nitrogens with one attached hydrogen (secondary N) is 1. The molecule has 3 amide bonds. The van der Waals surface area contributed by atoms with E-state index in [9.17, 15) is 14.4 Å². The lowest BCUT2D eigenvalue weighted by Crippen LogP contribution is -2.52. The van der Waals surface area contributed by atoms with Crippen LogP contribution in [0.25, 0.3) is 0 Å². The quantitative estimate of drug-likeness (QED) is 0.560. The summed E-state index contributed by atoms with van der Waals surface area (Å²) in [7, 11) is 0. The summed E-state index contributed by atoms with van der Waals surface area (Å²) < 4.78 is 6.36. The number of aromatic nitrogens is 2. The molecule has 1 aromatic carbocycles. The zero-order valence-electron chi connectivity index (χ0n) is 24.0. The normalized spacial score (nSPS) is 26.7. The van der Waals surface area contributed by atoms with Crippen molar-refractivity contribution in [3.05, 3.63) is 47.3 Å². The maximum absolute atomic E-state index is 13.3. The third kappa shape index (κ3) is 4.20. The number of carbonyl (C=O) groups excluding carboxylic acids is 3. The number of imide groups is 1. The molecule has 1 N–H and O–H groups in total. The van der Waals surface area contributed by atoms with Crippen LogP contribution in [0.5, 0.6) is 5.75 Å². The maximum Gasteiger partial charge on any atom is 0.255 e. The molecule has 6 aliphatic rings. The van der Waals surface area contributed by atoms with Gasteiger partial charge in [0.05, 0.1) is 13.2 Å². The van der Waals surface area contributed by atoms with Crippen molar-refractivity contribution in [3.63, 3.8) is 0 Å². The first-order valence-electron chi connectivity index (χ1n) is 15.6. The highest BCUT2D eigenvalue weighted by Crippen LogP contribution is 2.54. The smallest absolute Gasteiger partial charge is 0.255 e. The van der Waals surface area contributed by atoms with E-state index in [1.54, 1.807) is 4.90 Å². The standard InChI is InChI=1S/C32H38N6O4/c39-26-5-4-25(28(40)35-26)38-19-23-22(29(38)41)2-3-24-27(23)42-20-32(24)8-12-36(13-9-32)18-21-16-31(17-21)6-14-37(15-7-31)30-33-10-1-11-34-30/h1-3,10-11,21,25H,4-9,12-20H2,(H,35,39,40). The van der Waals surface area contributed by atoms with Crippen LogP contribution < -0.4 is 15.0 Å². The molecule has 1 atom stereocenters. The molecule has 6 heterocycles. The Labute approximate surface area is 245 Å². The molecule has 10 nitrogen and oxygen atoms in total. The van der Waals surface area contributed by atoms with Crippen molar-refractivity contribution in [2.45, 2.75) is 69.4 Å². The van der Waals surface area contributed by atoms with Crippen LogP contribution in [0, 0.1) is 11.3 Å². The van der Waals surface area contributed by atoms with Gasteiger partial charge < -0.3 is 19.4 Å². The Kier molecular flexibility index (Phi) is 6.07. The second-order valence-corrected chi connectivity index (χ2v) is 13.5. The van der Waals surface area contributed by atoms with Crippen LogP contribution in [-0.2, 0) is 21.5 Å². The number of hydrogen-bond acceptors (Lipinski definition) is 8. The van der Waals surface area contributed by atoms with Gasteiger partial charge in [0.1, 0.15) is 11.8 Å². The van der Waals surface area contributed by atoms with E-state index in [0.717, 1.165) is 62.2 Å². The number of benzene rings is 1. The van der Waals surface area contributed by atoms with Crippen molar-refractivity contribution < 1.29 is 19.1 Å². The summed E-state index contributed by atoms with van der Waals surface area (Å²) >= 11 is 0. The number of piperidine rings is 3. The van der Waals surface area contributed by atoms with Crippen LogP contribution in [0.2, 0.25) is 0 Å². The third-order valence-electron chi connectivity index (χ3n) is 11.2. The molecule has 1 aromatic heterocycles. The van der Waals surface area contributed by atoms with Crippen LogP contribution in [-0.4, -0.2) is 82.9 Å². The number of amides is 3. The Hall–Kier alpha value is -3.53. The minimum Gasteiger partial charge on any atom is -0.492 e. The molecule has 42 heavy (non-hydrogen) atoms. The molecule has 4 fully saturated rings. The molecule has 0 radical (unpaired) electrons. The molecule has 1 saturated carbocycles. The number of hydrogen-bond donors (Lipinski definition) is 1. The van der Waals surface area contributed by atoms with Crippen molar-refractivity contribution in [3.8, 4) is 5.75 Å². The maximum atomic E-state index is 13.3. The van der Waals surface area contributed by atoms with Gasteiger partial charge in [0, 0.05) is 60.6 Å². The van der Waals surface area contributed by atoms with E-state index in [1.165, 1.54) is 37.8 Å². The lowest BCUT2D eigenvalue weighted by atomic mass is 9.57. The molecule has 220 valence electrons. The Bertz CT molecular complexity index is 1420. The van der Waals surface area contributed by atoms with Crippen LogP contribution >= 0.6 is 0 Å². The summed E-state index contributed by atoms with van der Waals surface area (Å²) in [4.78, 5) is 52.9. The zero-order valence-corrected chi connectivity index (χ0v) is 24.0. The molecule has 10 heteroatoms. The first-order chi connectivity index (χ1) is 20.4. The molecule has 8 rings (SSSR count). The van der Waals surface area contributed by atoms with E-state index in [0.29, 0.717) is 30.6 Å². The fourth-order valence-corrected chi connectivity index (χ4v) is 8.76. The summed E-state index contributed by atoms with van der Waals surface area (Å²) in [6.45, 7) is 6.48. The number of nitrogens with zero attached hydrogens (tertiary/aromatic N) is 5. The number of anilines is 1. The van der Waals surface area contributed by atoms with E-state index in [-0.39, 0.29) is 29.6 Å². The molecule has 1 aliphatic carbocycles. The lowest BCUT2D eigenvalue weighted by Gasteiger charge is -2.53. The molecule has 0 bridgehead atoms. The van der Waals surface area contributed by atoms with Gasteiger partial charge in [-0.1, -0.05) is 6.07 Å². The zero-order chi connectivity index (χ0) is 28.5. The van der Waals surface area contributed by atoms with Gasteiger partial charge in [0.2, 0.25) is 17.8 Å². The Morgan fingerprint density at radius 1 is 0.976 bits per heavy atom. The van der Waals surface area contributed by atoms with Gasteiger partial charge in [0.15, 0.2) is 0 Å². The molecular weight excluding hydrogens is 532 g/mol. The van der Waals surface area contributed by atoms with Gasteiger partial charge in [-0.25, -0.2) is 9.97 Å². The minimum absolute atomic E-state index is 0.000855. The topological polar surface area (TPSA) is 108 Å². The van der Waals surface area contributed by atoms with Crippen LogP contribution in [0.3, 0.4) is 0 Å². The highest BCUT2D eigenvalue weighted by atomic mass is 16.5. The van der Waals surface area contributed by atoms with E-state index in [4.69, 9.17) is 4.74 Å². The predicted molar refractivity (Wildman–Crippen MR) is 154 cm³/mol. The fourth-order valence-electron chi connectivity index (χ4n) is 8.76. The predicted octanol–water partition coefficient (Wildman–Crippen LogP) is 2.66. The van der Waals surface area contributed by atoms with Crippen molar-refractivity contribution in [2.75, 3.05) is 44.2 Å². The summed E-state index contributed by atoms with van der Waals surface area (Å²) in [6.07, 6.45) is 11.6. The second-order valence-electron chi connectivity index (χ2n) is 13.5. The van der Waals surface area contributed by atoms with Crippen molar-refractivity contribution in [1.82, 2.24) is 25.1 Å². The van der Waals surface area contributed by atoms with Gasteiger partial charge in [-0.3, -0.25) is 19.7 Å². The van der Waals surface area contributed by atoms with Crippen LogP contribution in [0.4, 0.5) is 5.95 Å². The summed E-state index contributed by atoms with van der Waals surface area (Å²) in [5.41, 5.74) is 3.29. The van der Waals surface area contributed by atoms with Gasteiger partial charge >= 0.3 is 0 Å². The first-order valence-corrected chi connectivity index (χ1v) is 15.6. The van der Waals surface area contributed by atoms with E-state index in [2.05, 4.69) is 31.2 Å². The molecule has 5 aliphatic heterocycles. The Balaban J connectivity index is 0.869. The average Bonchev–Trinajstić information content (AvgIpc) is 3.52. The number of carbonyl (C=O) groups is 3. The fraction of sp³-hybridized carbons (Fsp3) is 0.594. The van der Waals surface area contributed by atoms with E-state index >= 15 is 0 Å². The number of fused-ring (bicyclic) bond motifs is 4. The first kappa shape index (κ1) is 26.1. The summed E-state index contributed by atoms with van der Waals surface area (Å²) in [6, 6.07) is 5.31. The molecule has 1 unspecified atom stereocenters.